The predicted octanol–water partition coefficient (Wildman–Crippen LogP) is 4.58. The van der Waals surface area contributed by atoms with Crippen LogP contribution in [0.25, 0.3) is 50.5 Å². The average Bonchev–Trinajstić information content (AvgIpc) is 3.74. The molecule has 11 nitrogen and oxygen atoms in total. The Morgan fingerprint density at radius 3 is 2.76 bits per heavy atom. The Morgan fingerprint density at radius 1 is 1.05 bits per heavy atom. The molecule has 6 aromatic rings. The fourth-order valence-electron chi connectivity index (χ4n) is 5.11. The van der Waals surface area contributed by atoms with E-state index in [2.05, 4.69) is 40.4 Å². The van der Waals surface area contributed by atoms with Crippen LogP contribution in [0.5, 0.6) is 0 Å². The molecule has 0 atom stereocenters. The van der Waals surface area contributed by atoms with Crippen molar-refractivity contribution in [3.8, 4) is 28.3 Å². The summed E-state index contributed by atoms with van der Waals surface area (Å²) in [6.07, 6.45) is 14.8. The van der Waals surface area contributed by atoms with Crippen LogP contribution in [0, 0.1) is 12.8 Å². The summed E-state index contributed by atoms with van der Waals surface area (Å²) in [6, 6.07) is 5.83. The first-order valence-corrected chi connectivity index (χ1v) is 12.6. The van der Waals surface area contributed by atoms with Gasteiger partial charge in [-0.15, -0.1) is 0 Å². The van der Waals surface area contributed by atoms with Gasteiger partial charge in [-0.3, -0.25) is 14.9 Å². The Kier molecular flexibility index (Phi) is 5.20. The molecule has 1 aliphatic carbocycles. The highest BCUT2D eigenvalue weighted by atomic mass is 16.1. The highest BCUT2D eigenvalue weighted by Gasteiger charge is 2.23. The zero-order valence-electron chi connectivity index (χ0n) is 20.6. The Morgan fingerprint density at radius 2 is 1.92 bits per heavy atom. The first-order chi connectivity index (χ1) is 18.6. The van der Waals surface area contributed by atoms with E-state index in [1.54, 1.807) is 31.1 Å². The van der Waals surface area contributed by atoms with E-state index in [1.807, 2.05) is 35.9 Å². The van der Waals surface area contributed by atoms with E-state index >= 15 is 0 Å². The molecule has 0 unspecified atom stereocenters. The number of anilines is 1. The predicted molar refractivity (Wildman–Crippen MR) is 142 cm³/mol. The molecule has 1 saturated carbocycles. The van der Waals surface area contributed by atoms with E-state index in [4.69, 9.17) is 4.98 Å². The molecule has 0 spiro atoms. The van der Waals surface area contributed by atoms with Gasteiger partial charge in [0.1, 0.15) is 11.2 Å². The zero-order chi connectivity index (χ0) is 25.6. The zero-order valence-corrected chi connectivity index (χ0v) is 20.6. The van der Waals surface area contributed by atoms with Crippen LogP contribution in [0.15, 0.2) is 55.5 Å². The fraction of sp³-hybridized carbons (Fsp3) is 0.222. The van der Waals surface area contributed by atoms with Crippen molar-refractivity contribution in [2.75, 3.05) is 5.32 Å². The van der Waals surface area contributed by atoms with Gasteiger partial charge < -0.3 is 14.9 Å². The summed E-state index contributed by atoms with van der Waals surface area (Å²) in [5.74, 6) is 0.732. The van der Waals surface area contributed by atoms with Crippen LogP contribution in [-0.2, 0) is 4.79 Å². The molecule has 6 heterocycles. The SMILES string of the molecule is Cc1cn(-c2ccnc3[nH]c(-c4n[nH]c5ncc(-c6cncc(NC(=O)C7CCCC7)c6)cc45)nc23)cn1. The number of rotatable bonds is 5. The van der Waals surface area contributed by atoms with Crippen molar-refractivity contribution in [2.45, 2.75) is 32.6 Å². The van der Waals surface area contributed by atoms with Gasteiger partial charge in [0.05, 0.1) is 35.0 Å². The van der Waals surface area contributed by atoms with E-state index in [-0.39, 0.29) is 11.8 Å². The molecule has 0 aromatic carbocycles. The second-order valence-corrected chi connectivity index (χ2v) is 9.66. The minimum Gasteiger partial charge on any atom is -0.324 e. The number of imidazole rings is 2. The topological polar surface area (TPSA) is 143 Å². The number of hydrogen-bond donors (Lipinski definition) is 3. The monoisotopic (exact) mass is 504 g/mol. The number of aromatic nitrogens is 9. The molecular weight excluding hydrogens is 480 g/mol. The molecule has 0 bridgehead atoms. The summed E-state index contributed by atoms with van der Waals surface area (Å²) < 4.78 is 1.93. The largest absolute Gasteiger partial charge is 0.324 e. The van der Waals surface area contributed by atoms with Gasteiger partial charge in [-0.1, -0.05) is 12.8 Å². The first kappa shape index (κ1) is 22.3. The number of aryl methyl sites for hydroxylation is 1. The maximum atomic E-state index is 12.6. The normalized spacial score (nSPS) is 14.0. The number of carbonyl (C=O) groups is 1. The van der Waals surface area contributed by atoms with Gasteiger partial charge in [0.15, 0.2) is 17.1 Å². The van der Waals surface area contributed by atoms with Crippen LogP contribution in [-0.4, -0.2) is 50.6 Å². The lowest BCUT2D eigenvalue weighted by Crippen LogP contribution is -2.20. The molecule has 188 valence electrons. The second-order valence-electron chi connectivity index (χ2n) is 9.66. The third kappa shape index (κ3) is 3.88. The molecule has 3 N–H and O–H groups in total. The highest BCUT2D eigenvalue weighted by molar-refractivity contribution is 5.95. The molecule has 11 heteroatoms. The number of amides is 1. The third-order valence-electron chi connectivity index (χ3n) is 7.06. The van der Waals surface area contributed by atoms with Crippen molar-refractivity contribution in [3.63, 3.8) is 0 Å². The van der Waals surface area contributed by atoms with Gasteiger partial charge in [0.25, 0.3) is 0 Å². The van der Waals surface area contributed by atoms with E-state index in [0.717, 1.165) is 59.1 Å². The summed E-state index contributed by atoms with van der Waals surface area (Å²) in [4.78, 5) is 38.5. The van der Waals surface area contributed by atoms with Crippen LogP contribution in [0.4, 0.5) is 5.69 Å². The number of H-pyrrole nitrogens is 2. The maximum Gasteiger partial charge on any atom is 0.227 e. The number of pyridine rings is 3. The van der Waals surface area contributed by atoms with E-state index in [0.29, 0.717) is 28.5 Å². The Hall–Kier alpha value is -4.93. The van der Waals surface area contributed by atoms with Crippen molar-refractivity contribution in [3.05, 3.63) is 61.2 Å². The van der Waals surface area contributed by atoms with Crippen molar-refractivity contribution >= 4 is 33.8 Å². The van der Waals surface area contributed by atoms with Crippen LogP contribution >= 0.6 is 0 Å². The Bertz CT molecular complexity index is 1810. The molecule has 0 radical (unpaired) electrons. The van der Waals surface area contributed by atoms with Gasteiger partial charge in [-0.2, -0.15) is 5.10 Å². The van der Waals surface area contributed by atoms with Crippen molar-refractivity contribution in [1.29, 1.82) is 0 Å². The number of carbonyl (C=O) groups excluding carboxylic acids is 1. The number of hydrogen-bond acceptors (Lipinski definition) is 7. The number of fused-ring (bicyclic) bond motifs is 2. The lowest BCUT2D eigenvalue weighted by molar-refractivity contribution is -0.119. The highest BCUT2D eigenvalue weighted by Crippen LogP contribution is 2.31. The van der Waals surface area contributed by atoms with Gasteiger partial charge in [-0.25, -0.2) is 19.9 Å². The van der Waals surface area contributed by atoms with Gasteiger partial charge in [-0.05, 0) is 38.0 Å². The number of nitrogens with zero attached hydrogens (tertiary/aromatic N) is 7. The van der Waals surface area contributed by atoms with Crippen LogP contribution < -0.4 is 5.32 Å². The fourth-order valence-corrected chi connectivity index (χ4v) is 5.11. The quantitative estimate of drug-likeness (QED) is 0.312. The third-order valence-corrected chi connectivity index (χ3v) is 7.06. The number of aromatic amines is 2. The molecule has 0 aliphatic heterocycles. The molecular formula is C27H24N10O. The smallest absolute Gasteiger partial charge is 0.227 e. The summed E-state index contributed by atoms with van der Waals surface area (Å²) >= 11 is 0. The van der Waals surface area contributed by atoms with Crippen molar-refractivity contribution in [1.82, 2.24) is 44.7 Å². The lowest BCUT2D eigenvalue weighted by Gasteiger charge is -2.11. The maximum absolute atomic E-state index is 12.6. The Labute approximate surface area is 216 Å². The van der Waals surface area contributed by atoms with Gasteiger partial charge >= 0.3 is 0 Å². The first-order valence-electron chi connectivity index (χ1n) is 12.6. The van der Waals surface area contributed by atoms with Crippen LogP contribution in [0.3, 0.4) is 0 Å². The Balaban J connectivity index is 1.24. The molecule has 1 fully saturated rings. The minimum absolute atomic E-state index is 0.0656. The lowest BCUT2D eigenvalue weighted by atomic mass is 10.1. The molecule has 38 heavy (non-hydrogen) atoms. The van der Waals surface area contributed by atoms with Crippen molar-refractivity contribution in [2.24, 2.45) is 5.92 Å². The number of nitrogens with one attached hydrogen (secondary N) is 3. The molecule has 1 amide bonds. The second kappa shape index (κ2) is 8.87. The van der Waals surface area contributed by atoms with Gasteiger partial charge in [0, 0.05) is 41.8 Å². The molecule has 1 aliphatic rings. The average molecular weight is 505 g/mol. The summed E-state index contributed by atoms with van der Waals surface area (Å²) in [6.45, 7) is 1.94. The van der Waals surface area contributed by atoms with E-state index < -0.39 is 0 Å². The van der Waals surface area contributed by atoms with Crippen LogP contribution in [0.2, 0.25) is 0 Å². The molecule has 7 rings (SSSR count). The van der Waals surface area contributed by atoms with E-state index in [9.17, 15) is 4.79 Å². The summed E-state index contributed by atoms with van der Waals surface area (Å²) in [5.41, 5.74) is 6.82. The molecule has 0 saturated heterocycles. The molecule has 6 aromatic heterocycles. The minimum atomic E-state index is 0.0656. The standard InChI is InChI=1S/C27H24N10O/c1-15-13-37(14-31-15)21-6-7-29-25-23(21)33-26(34-25)22-20-9-18(11-30-24(20)36-35-22)17-8-19(12-28-10-17)32-27(38)16-4-2-3-5-16/h6-14,16H,2-5H2,1H3,(H,32,38)(H,29,33,34)(H,30,35,36). The van der Waals surface area contributed by atoms with Crippen molar-refractivity contribution < 1.29 is 4.79 Å². The van der Waals surface area contributed by atoms with E-state index in [1.165, 1.54) is 0 Å². The summed E-state index contributed by atoms with van der Waals surface area (Å²) in [5, 5.41) is 11.3. The van der Waals surface area contributed by atoms with Gasteiger partial charge in [0.2, 0.25) is 5.91 Å². The summed E-state index contributed by atoms with van der Waals surface area (Å²) in [7, 11) is 0. The van der Waals surface area contributed by atoms with Crippen LogP contribution in [0.1, 0.15) is 31.4 Å².